The molecule has 2 fully saturated rings. The van der Waals surface area contributed by atoms with Gasteiger partial charge in [0.15, 0.2) is 0 Å². The van der Waals surface area contributed by atoms with Crippen molar-refractivity contribution in [2.24, 2.45) is 5.92 Å². The summed E-state index contributed by atoms with van der Waals surface area (Å²) < 4.78 is 10.6. The summed E-state index contributed by atoms with van der Waals surface area (Å²) in [6.45, 7) is 6.41. The number of esters is 1. The van der Waals surface area contributed by atoms with E-state index in [1.54, 1.807) is 6.07 Å². The van der Waals surface area contributed by atoms with E-state index in [0.717, 1.165) is 37.8 Å². The lowest BCUT2D eigenvalue weighted by Gasteiger charge is -2.40. The van der Waals surface area contributed by atoms with Gasteiger partial charge < -0.3 is 14.4 Å². The van der Waals surface area contributed by atoms with Crippen LogP contribution in [0.5, 0.6) is 0 Å². The minimum Gasteiger partial charge on any atom is -0.465 e. The van der Waals surface area contributed by atoms with E-state index in [2.05, 4.69) is 0 Å². The zero-order valence-corrected chi connectivity index (χ0v) is 16.2. The minimum absolute atomic E-state index is 0.238. The first kappa shape index (κ1) is 18.7. The Morgan fingerprint density at radius 2 is 1.96 bits per heavy atom. The zero-order chi connectivity index (χ0) is 18.9. The summed E-state index contributed by atoms with van der Waals surface area (Å²) in [6.07, 6.45) is 4.61. The molecule has 1 aromatic carbocycles. The van der Waals surface area contributed by atoms with Crippen molar-refractivity contribution in [3.63, 3.8) is 0 Å². The number of carbonyl (C=O) groups is 2. The molecule has 1 aromatic rings. The van der Waals surface area contributed by atoms with Crippen LogP contribution in [0.15, 0.2) is 24.3 Å². The highest BCUT2D eigenvalue weighted by Crippen LogP contribution is 2.49. The quantitative estimate of drug-likeness (QED) is 0.759. The lowest BCUT2D eigenvalue weighted by molar-refractivity contribution is 0.00489. The van der Waals surface area contributed by atoms with E-state index in [1.165, 1.54) is 7.11 Å². The maximum atomic E-state index is 12.9. The Morgan fingerprint density at radius 3 is 2.65 bits per heavy atom. The Bertz CT molecular complexity index is 693. The first-order valence-corrected chi connectivity index (χ1v) is 9.44. The van der Waals surface area contributed by atoms with Crippen molar-refractivity contribution in [1.29, 1.82) is 0 Å². The monoisotopic (exact) mass is 359 g/mol. The fourth-order valence-corrected chi connectivity index (χ4v) is 4.63. The number of likely N-dealkylation sites (tertiary alicyclic amines) is 1. The smallest absolute Gasteiger partial charge is 0.410 e. The van der Waals surface area contributed by atoms with Crippen molar-refractivity contribution in [3.05, 3.63) is 35.4 Å². The summed E-state index contributed by atoms with van der Waals surface area (Å²) in [6, 6.07) is 7.56. The van der Waals surface area contributed by atoms with Gasteiger partial charge in [-0.2, -0.15) is 0 Å². The Labute approximate surface area is 155 Å². The lowest BCUT2D eigenvalue weighted by atomic mass is 9.81. The number of carbonyl (C=O) groups excluding carboxylic acids is 2. The summed E-state index contributed by atoms with van der Waals surface area (Å²) >= 11 is 0. The number of fused-ring (bicyclic) bond motifs is 1. The number of benzene rings is 1. The number of hydrogen-bond acceptors (Lipinski definition) is 4. The highest BCUT2D eigenvalue weighted by atomic mass is 16.6. The van der Waals surface area contributed by atoms with Gasteiger partial charge in [-0.3, -0.25) is 0 Å². The third kappa shape index (κ3) is 3.44. The molecule has 2 atom stereocenters. The summed E-state index contributed by atoms with van der Waals surface area (Å²) in [5.74, 6) is 0.133. The van der Waals surface area contributed by atoms with E-state index in [4.69, 9.17) is 9.47 Å². The Morgan fingerprint density at radius 1 is 1.23 bits per heavy atom. The average Bonchev–Trinajstić information content (AvgIpc) is 3.11. The van der Waals surface area contributed by atoms with Crippen LogP contribution in [0.1, 0.15) is 62.4 Å². The highest BCUT2D eigenvalue weighted by molar-refractivity contribution is 5.91. The van der Waals surface area contributed by atoms with Gasteiger partial charge in [0, 0.05) is 6.54 Å². The van der Waals surface area contributed by atoms with Crippen LogP contribution >= 0.6 is 0 Å². The predicted molar refractivity (Wildman–Crippen MR) is 99.1 cm³/mol. The molecule has 0 bridgehead atoms. The molecule has 1 saturated carbocycles. The van der Waals surface area contributed by atoms with Crippen LogP contribution in [0.4, 0.5) is 4.79 Å². The molecule has 0 spiro atoms. The van der Waals surface area contributed by atoms with Crippen molar-refractivity contribution in [3.8, 4) is 0 Å². The van der Waals surface area contributed by atoms with Crippen LogP contribution in [-0.2, 0) is 15.9 Å². The summed E-state index contributed by atoms with van der Waals surface area (Å²) in [5.41, 5.74) is 0.763. The molecule has 5 heteroatoms. The number of ether oxygens (including phenoxy) is 2. The standard InChI is InChI=1S/C21H29NO4/c1-20(2,3)26-19(24)22-13-11-16-9-7-12-21(16,22)14-15-8-5-6-10-17(15)18(23)25-4/h5-6,8,10,16H,7,9,11-14H2,1-4H3/t16-,21+/m0/s1. The van der Waals surface area contributed by atoms with Crippen molar-refractivity contribution in [2.75, 3.05) is 13.7 Å². The summed E-state index contributed by atoms with van der Waals surface area (Å²) in [4.78, 5) is 27.0. The second kappa shape index (κ2) is 6.93. The molecule has 1 saturated heterocycles. The third-order valence-electron chi connectivity index (χ3n) is 5.69. The molecule has 1 aliphatic heterocycles. The lowest BCUT2D eigenvalue weighted by Crippen LogP contribution is -2.51. The van der Waals surface area contributed by atoms with Gasteiger partial charge in [0.25, 0.3) is 0 Å². The Balaban J connectivity index is 1.93. The van der Waals surface area contributed by atoms with Crippen LogP contribution in [0.2, 0.25) is 0 Å². The van der Waals surface area contributed by atoms with E-state index in [0.29, 0.717) is 17.9 Å². The van der Waals surface area contributed by atoms with Crippen LogP contribution in [0.3, 0.4) is 0 Å². The molecular formula is C21H29NO4. The predicted octanol–water partition coefficient (Wildman–Crippen LogP) is 4.20. The van der Waals surface area contributed by atoms with E-state index in [1.807, 2.05) is 43.9 Å². The number of hydrogen-bond donors (Lipinski definition) is 0. The number of nitrogens with zero attached hydrogens (tertiary/aromatic N) is 1. The molecule has 26 heavy (non-hydrogen) atoms. The molecule has 1 amide bonds. The Hall–Kier alpha value is -2.04. The molecule has 1 aliphatic carbocycles. The first-order chi connectivity index (χ1) is 12.3. The van der Waals surface area contributed by atoms with Crippen molar-refractivity contribution in [1.82, 2.24) is 4.90 Å². The second-order valence-electron chi connectivity index (χ2n) is 8.44. The SMILES string of the molecule is COC(=O)c1ccccc1C[C@]12CCC[C@H]1CCN2C(=O)OC(C)(C)C. The molecule has 0 radical (unpaired) electrons. The second-order valence-corrected chi connectivity index (χ2v) is 8.44. The van der Waals surface area contributed by atoms with Crippen molar-refractivity contribution < 1.29 is 19.1 Å². The number of rotatable bonds is 3. The fourth-order valence-electron chi connectivity index (χ4n) is 4.63. The van der Waals surface area contributed by atoms with Crippen LogP contribution < -0.4 is 0 Å². The van der Waals surface area contributed by atoms with Crippen LogP contribution in [0, 0.1) is 5.92 Å². The van der Waals surface area contributed by atoms with E-state index >= 15 is 0 Å². The largest absolute Gasteiger partial charge is 0.465 e. The molecule has 0 unspecified atom stereocenters. The van der Waals surface area contributed by atoms with Crippen LogP contribution in [-0.4, -0.2) is 41.8 Å². The topological polar surface area (TPSA) is 55.8 Å². The molecule has 0 aromatic heterocycles. The van der Waals surface area contributed by atoms with Gasteiger partial charge in [-0.15, -0.1) is 0 Å². The molecule has 3 rings (SSSR count). The van der Waals surface area contributed by atoms with E-state index < -0.39 is 5.60 Å². The Kier molecular flexibility index (Phi) is 5.00. The van der Waals surface area contributed by atoms with Gasteiger partial charge in [-0.1, -0.05) is 24.6 Å². The van der Waals surface area contributed by atoms with Crippen molar-refractivity contribution >= 4 is 12.1 Å². The highest BCUT2D eigenvalue weighted by Gasteiger charge is 2.54. The number of amides is 1. The number of methoxy groups -OCH3 is 1. The molecule has 142 valence electrons. The van der Waals surface area contributed by atoms with Gasteiger partial charge in [-0.05, 0) is 64.0 Å². The maximum Gasteiger partial charge on any atom is 0.410 e. The van der Waals surface area contributed by atoms with Gasteiger partial charge in [0.05, 0.1) is 18.2 Å². The molecule has 5 nitrogen and oxygen atoms in total. The van der Waals surface area contributed by atoms with Gasteiger partial charge in [0.1, 0.15) is 5.60 Å². The fraction of sp³-hybridized carbons (Fsp3) is 0.619. The van der Waals surface area contributed by atoms with Crippen molar-refractivity contribution in [2.45, 2.75) is 64.0 Å². The molecule has 0 N–H and O–H groups in total. The summed E-state index contributed by atoms with van der Waals surface area (Å²) in [7, 11) is 1.40. The van der Waals surface area contributed by atoms with Gasteiger partial charge in [-0.25, -0.2) is 9.59 Å². The van der Waals surface area contributed by atoms with Gasteiger partial charge >= 0.3 is 12.1 Å². The van der Waals surface area contributed by atoms with E-state index in [-0.39, 0.29) is 17.6 Å². The van der Waals surface area contributed by atoms with Gasteiger partial charge in [0.2, 0.25) is 0 Å². The average molecular weight is 359 g/mol. The molecule has 1 heterocycles. The first-order valence-electron chi connectivity index (χ1n) is 9.44. The third-order valence-corrected chi connectivity index (χ3v) is 5.69. The normalized spacial score (nSPS) is 25.1. The molecular weight excluding hydrogens is 330 g/mol. The maximum absolute atomic E-state index is 12.9. The molecule has 2 aliphatic rings. The zero-order valence-electron chi connectivity index (χ0n) is 16.2. The summed E-state index contributed by atoms with van der Waals surface area (Å²) in [5, 5.41) is 0. The van der Waals surface area contributed by atoms with E-state index in [9.17, 15) is 9.59 Å². The van der Waals surface area contributed by atoms with Crippen LogP contribution in [0.25, 0.3) is 0 Å². The minimum atomic E-state index is -0.515.